The number of carbonyl (C=O) groups is 1. The molecule has 4 N–H and O–H groups in total. The van der Waals surface area contributed by atoms with Crippen LogP contribution in [-0.4, -0.2) is 32.1 Å². The van der Waals surface area contributed by atoms with Crippen molar-refractivity contribution in [2.45, 2.75) is 13.5 Å². The number of aliphatic imine (C=N–C) groups is 1. The zero-order valence-electron chi connectivity index (χ0n) is 15.4. The quantitative estimate of drug-likeness (QED) is 0.231. The maximum absolute atomic E-state index is 11.1. The van der Waals surface area contributed by atoms with Crippen LogP contribution < -0.4 is 21.1 Å². The third-order valence-electron chi connectivity index (χ3n) is 3.38. The van der Waals surface area contributed by atoms with Crippen LogP contribution in [0.1, 0.15) is 12.5 Å². The highest BCUT2D eigenvalue weighted by Crippen LogP contribution is 2.17. The number of carbonyl (C=O) groups excluding carboxylic acids is 1. The van der Waals surface area contributed by atoms with Crippen LogP contribution in [0.15, 0.2) is 53.5 Å². The fourth-order valence-corrected chi connectivity index (χ4v) is 2.30. The summed E-state index contributed by atoms with van der Waals surface area (Å²) in [6.45, 7) is 2.72. The van der Waals surface area contributed by atoms with Crippen molar-refractivity contribution in [3.05, 3.63) is 54.1 Å². The Balaban J connectivity index is 0.00000364. The smallest absolute Gasteiger partial charge is 0.221 e. The van der Waals surface area contributed by atoms with Crippen LogP contribution in [0.4, 0.5) is 11.4 Å². The average molecular weight is 484 g/mol. The van der Waals surface area contributed by atoms with Crippen LogP contribution in [0.25, 0.3) is 0 Å². The third-order valence-corrected chi connectivity index (χ3v) is 3.38. The zero-order valence-corrected chi connectivity index (χ0v) is 17.7. The maximum Gasteiger partial charge on any atom is 0.221 e. The number of methoxy groups -OCH3 is 1. The van der Waals surface area contributed by atoms with Crippen molar-refractivity contribution in [2.75, 3.05) is 30.9 Å². The van der Waals surface area contributed by atoms with Crippen LogP contribution in [0.2, 0.25) is 0 Å². The lowest BCUT2D eigenvalue weighted by atomic mass is 10.2. The van der Waals surface area contributed by atoms with Gasteiger partial charge in [0.15, 0.2) is 5.96 Å². The van der Waals surface area contributed by atoms with Crippen LogP contribution in [0.5, 0.6) is 5.75 Å². The Morgan fingerprint density at radius 1 is 1.15 bits per heavy atom. The number of benzene rings is 2. The molecule has 0 fully saturated rings. The fraction of sp³-hybridized carbons (Fsp3) is 0.263. The average Bonchev–Trinajstić information content (AvgIpc) is 2.60. The number of nitrogens with two attached hydrogens (primary N) is 1. The highest BCUT2D eigenvalue weighted by molar-refractivity contribution is 14.0. The van der Waals surface area contributed by atoms with Gasteiger partial charge in [-0.15, -0.1) is 24.0 Å². The molecule has 7 nitrogen and oxygen atoms in total. The summed E-state index contributed by atoms with van der Waals surface area (Å²) in [5.74, 6) is 0.840. The van der Waals surface area contributed by atoms with E-state index in [1.54, 1.807) is 19.2 Å². The number of hydrogen-bond acceptors (Lipinski definition) is 4. The van der Waals surface area contributed by atoms with Crippen LogP contribution >= 0.6 is 24.0 Å². The largest absolute Gasteiger partial charge is 0.492 e. The van der Waals surface area contributed by atoms with Gasteiger partial charge in [-0.2, -0.15) is 0 Å². The molecule has 27 heavy (non-hydrogen) atoms. The van der Waals surface area contributed by atoms with E-state index in [1.165, 1.54) is 6.92 Å². The van der Waals surface area contributed by atoms with Gasteiger partial charge in [-0.25, -0.2) is 4.99 Å². The topological polar surface area (TPSA) is 98.0 Å². The summed E-state index contributed by atoms with van der Waals surface area (Å²) in [6.07, 6.45) is 0. The van der Waals surface area contributed by atoms with E-state index in [2.05, 4.69) is 15.6 Å². The predicted molar refractivity (Wildman–Crippen MR) is 119 cm³/mol. The molecular weight excluding hydrogens is 459 g/mol. The number of anilines is 2. The number of amides is 1. The van der Waals surface area contributed by atoms with Crippen molar-refractivity contribution < 1.29 is 14.3 Å². The van der Waals surface area contributed by atoms with E-state index in [0.29, 0.717) is 37.2 Å². The van der Waals surface area contributed by atoms with Crippen molar-refractivity contribution in [3.63, 3.8) is 0 Å². The lowest BCUT2D eigenvalue weighted by Crippen LogP contribution is -2.24. The molecule has 146 valence electrons. The molecule has 0 bridgehead atoms. The summed E-state index contributed by atoms with van der Waals surface area (Å²) in [5, 5.41) is 5.78. The minimum Gasteiger partial charge on any atom is -0.492 e. The van der Waals surface area contributed by atoms with E-state index in [1.807, 2.05) is 36.4 Å². The van der Waals surface area contributed by atoms with Gasteiger partial charge < -0.3 is 25.8 Å². The van der Waals surface area contributed by atoms with Crippen molar-refractivity contribution in [1.82, 2.24) is 0 Å². The first-order valence-electron chi connectivity index (χ1n) is 8.22. The van der Waals surface area contributed by atoms with Gasteiger partial charge in [0.05, 0.1) is 13.2 Å². The molecule has 0 heterocycles. The van der Waals surface area contributed by atoms with Gasteiger partial charge in [0.2, 0.25) is 5.91 Å². The maximum atomic E-state index is 11.1. The number of hydrogen-bond donors (Lipinski definition) is 3. The minimum absolute atomic E-state index is 0. The molecule has 0 radical (unpaired) electrons. The standard InChI is InChI=1S/C19H24N4O3.HI/c1-14(24)22-16-7-5-8-17(12-16)26-11-10-21-19(20)23-18-9-4-3-6-15(18)13-25-2;/h3-9,12H,10-11,13H2,1-2H3,(H,22,24)(H3,20,21,23);1H. The SMILES string of the molecule is COCc1ccccc1NC(N)=NCCOc1cccc(NC(C)=O)c1.I. The molecular formula is C19H25IN4O3. The predicted octanol–water partition coefficient (Wildman–Crippen LogP) is 3.22. The Morgan fingerprint density at radius 2 is 1.93 bits per heavy atom. The molecule has 8 heteroatoms. The van der Waals surface area contributed by atoms with Crippen LogP contribution in [0.3, 0.4) is 0 Å². The first kappa shape index (κ1) is 22.7. The second-order valence-electron chi connectivity index (χ2n) is 5.54. The van der Waals surface area contributed by atoms with Crippen LogP contribution in [-0.2, 0) is 16.1 Å². The van der Waals surface area contributed by atoms with E-state index in [-0.39, 0.29) is 29.9 Å². The van der Waals surface area contributed by atoms with Gasteiger partial charge in [-0.1, -0.05) is 24.3 Å². The number of ether oxygens (including phenoxy) is 2. The summed E-state index contributed by atoms with van der Waals surface area (Å²) in [5.41, 5.74) is 8.47. The number of halogens is 1. The minimum atomic E-state index is -0.126. The number of nitrogens with one attached hydrogen (secondary N) is 2. The Hall–Kier alpha value is -2.33. The lowest BCUT2D eigenvalue weighted by Gasteiger charge is -2.11. The fourth-order valence-electron chi connectivity index (χ4n) is 2.30. The van der Waals surface area contributed by atoms with Crippen molar-refractivity contribution in [3.8, 4) is 5.75 Å². The Kier molecular flexibility index (Phi) is 10.2. The molecule has 0 unspecified atom stereocenters. The first-order valence-corrected chi connectivity index (χ1v) is 8.22. The summed E-state index contributed by atoms with van der Waals surface area (Å²) < 4.78 is 10.8. The van der Waals surface area contributed by atoms with E-state index in [0.717, 1.165) is 11.3 Å². The summed E-state index contributed by atoms with van der Waals surface area (Å²) in [7, 11) is 1.65. The number of guanidine groups is 1. The second-order valence-corrected chi connectivity index (χ2v) is 5.54. The lowest BCUT2D eigenvalue weighted by molar-refractivity contribution is -0.114. The molecule has 2 aromatic carbocycles. The normalized spacial score (nSPS) is 10.7. The monoisotopic (exact) mass is 484 g/mol. The summed E-state index contributed by atoms with van der Waals surface area (Å²) in [4.78, 5) is 15.3. The first-order chi connectivity index (χ1) is 12.6. The number of para-hydroxylation sites is 1. The number of rotatable bonds is 8. The molecule has 0 saturated carbocycles. The van der Waals surface area contributed by atoms with Gasteiger partial charge in [0.25, 0.3) is 0 Å². The van der Waals surface area contributed by atoms with Gasteiger partial charge in [-0.05, 0) is 18.2 Å². The molecule has 0 spiro atoms. The highest BCUT2D eigenvalue weighted by Gasteiger charge is 2.02. The van der Waals surface area contributed by atoms with Gasteiger partial charge in [0, 0.05) is 37.0 Å². The number of nitrogens with zero attached hydrogens (tertiary/aromatic N) is 1. The molecule has 2 rings (SSSR count). The summed E-state index contributed by atoms with van der Waals surface area (Å²) in [6, 6.07) is 14.9. The Morgan fingerprint density at radius 3 is 2.67 bits per heavy atom. The second kappa shape index (κ2) is 12.1. The summed E-state index contributed by atoms with van der Waals surface area (Å²) >= 11 is 0. The molecule has 0 saturated heterocycles. The van der Waals surface area contributed by atoms with Gasteiger partial charge in [-0.3, -0.25) is 4.79 Å². The Bertz CT molecular complexity index is 768. The van der Waals surface area contributed by atoms with E-state index >= 15 is 0 Å². The molecule has 1 amide bonds. The third kappa shape index (κ3) is 8.27. The van der Waals surface area contributed by atoms with Crippen LogP contribution in [0, 0.1) is 0 Å². The van der Waals surface area contributed by atoms with Crippen molar-refractivity contribution in [2.24, 2.45) is 10.7 Å². The molecule has 2 aromatic rings. The molecule has 0 atom stereocenters. The van der Waals surface area contributed by atoms with E-state index in [4.69, 9.17) is 15.2 Å². The zero-order chi connectivity index (χ0) is 18.8. The molecule has 0 aliphatic rings. The molecule has 0 aliphatic heterocycles. The highest BCUT2D eigenvalue weighted by atomic mass is 127. The Labute approximate surface area is 176 Å². The van der Waals surface area contributed by atoms with Gasteiger partial charge in [0.1, 0.15) is 12.4 Å². The van der Waals surface area contributed by atoms with Gasteiger partial charge >= 0.3 is 0 Å². The van der Waals surface area contributed by atoms with E-state index < -0.39 is 0 Å². The van der Waals surface area contributed by atoms with Crippen molar-refractivity contribution in [1.29, 1.82) is 0 Å². The molecule has 0 aliphatic carbocycles. The molecule has 0 aromatic heterocycles. The van der Waals surface area contributed by atoms with Crippen molar-refractivity contribution >= 4 is 47.2 Å². The van der Waals surface area contributed by atoms with E-state index in [9.17, 15) is 4.79 Å².